The van der Waals surface area contributed by atoms with Gasteiger partial charge in [0.05, 0.1) is 12.4 Å². The highest BCUT2D eigenvalue weighted by Crippen LogP contribution is 2.34. The van der Waals surface area contributed by atoms with Crippen LogP contribution in [0.2, 0.25) is 0 Å². The first-order valence-corrected chi connectivity index (χ1v) is 8.97. The van der Waals surface area contributed by atoms with Gasteiger partial charge < -0.3 is 0 Å². The Morgan fingerprint density at radius 2 is 2.00 bits per heavy atom. The first-order valence-electron chi connectivity index (χ1n) is 7.68. The van der Waals surface area contributed by atoms with Crippen molar-refractivity contribution in [1.29, 1.82) is 0 Å². The Kier molecular flexibility index (Phi) is 4.07. The molecule has 5 nitrogen and oxygen atoms in total. The van der Waals surface area contributed by atoms with Crippen LogP contribution in [0.15, 0.2) is 47.8 Å². The van der Waals surface area contributed by atoms with Crippen LogP contribution in [0, 0.1) is 4.77 Å². The minimum Gasteiger partial charge on any atom is -0.276 e. The topological polar surface area (TPSA) is 38.9 Å². The minimum atomic E-state index is 0.471. The van der Waals surface area contributed by atoms with Crippen LogP contribution in [0.3, 0.4) is 0 Å². The van der Waals surface area contributed by atoms with E-state index < -0.39 is 0 Å². The van der Waals surface area contributed by atoms with Gasteiger partial charge in [-0.15, -0.1) is 11.3 Å². The van der Waals surface area contributed by atoms with Crippen LogP contribution >= 0.6 is 23.6 Å². The number of hydrogen-bond donors (Lipinski definition) is 0. The molecule has 1 aromatic carbocycles. The predicted molar refractivity (Wildman–Crippen MR) is 93.2 cm³/mol. The van der Waals surface area contributed by atoms with Gasteiger partial charge in [-0.25, -0.2) is 4.68 Å². The number of likely N-dealkylation sites (tertiary alicyclic amines) is 1. The van der Waals surface area contributed by atoms with Gasteiger partial charge in [0.15, 0.2) is 0 Å². The smallest absolute Gasteiger partial charge is 0.221 e. The summed E-state index contributed by atoms with van der Waals surface area (Å²) in [6.07, 6.45) is 2.41. The van der Waals surface area contributed by atoms with Gasteiger partial charge in [0, 0.05) is 17.5 Å². The van der Waals surface area contributed by atoms with Crippen molar-refractivity contribution < 1.29 is 0 Å². The lowest BCUT2D eigenvalue weighted by Gasteiger charge is -2.22. The maximum atomic E-state index is 5.56. The van der Waals surface area contributed by atoms with Crippen LogP contribution in [-0.2, 0) is 6.67 Å². The zero-order valence-electron chi connectivity index (χ0n) is 12.6. The molecular formula is C16H17N5S2. The number of nitrogens with zero attached hydrogens (tertiary/aromatic N) is 5. The van der Waals surface area contributed by atoms with Crippen LogP contribution in [0.4, 0.5) is 0 Å². The molecule has 3 aromatic rings. The largest absolute Gasteiger partial charge is 0.276 e. The Hall–Kier alpha value is -1.83. The SMILES string of the molecule is S=c1n(CN2CCC[C@H]2c2cccs2)nnn1-c1ccccc1. The maximum Gasteiger partial charge on any atom is 0.221 e. The highest BCUT2D eigenvalue weighted by molar-refractivity contribution is 7.71. The molecule has 0 aliphatic carbocycles. The summed E-state index contributed by atoms with van der Waals surface area (Å²) in [6.45, 7) is 1.76. The standard InChI is InChI=1S/C16H17N5S2/c22-16-20(17-18-21(16)13-6-2-1-3-7-13)12-19-10-4-8-14(19)15-9-5-11-23-15/h1-3,5-7,9,11,14H,4,8,10,12H2/t14-/m0/s1. The third kappa shape index (κ3) is 2.87. The summed E-state index contributed by atoms with van der Waals surface area (Å²) in [7, 11) is 0. The molecule has 118 valence electrons. The van der Waals surface area contributed by atoms with Crippen molar-refractivity contribution >= 4 is 23.6 Å². The van der Waals surface area contributed by atoms with Crippen molar-refractivity contribution in [2.75, 3.05) is 6.54 Å². The van der Waals surface area contributed by atoms with E-state index in [0.29, 0.717) is 17.5 Å². The summed E-state index contributed by atoms with van der Waals surface area (Å²) in [4.78, 5) is 3.86. The fourth-order valence-electron chi connectivity index (χ4n) is 3.06. The quantitative estimate of drug-likeness (QED) is 0.678. The van der Waals surface area contributed by atoms with Crippen molar-refractivity contribution in [1.82, 2.24) is 24.7 Å². The molecule has 1 atom stereocenters. The summed E-state index contributed by atoms with van der Waals surface area (Å²) in [5, 5.41) is 10.6. The van der Waals surface area contributed by atoms with E-state index in [-0.39, 0.29) is 0 Å². The van der Waals surface area contributed by atoms with E-state index in [1.165, 1.54) is 17.7 Å². The molecule has 0 bridgehead atoms. The lowest BCUT2D eigenvalue weighted by molar-refractivity contribution is 0.190. The van der Waals surface area contributed by atoms with Crippen molar-refractivity contribution in [3.8, 4) is 5.69 Å². The average molecular weight is 343 g/mol. The minimum absolute atomic E-state index is 0.471. The predicted octanol–water partition coefficient (Wildman–Crippen LogP) is 3.65. The number of rotatable bonds is 4. The Morgan fingerprint density at radius 3 is 2.78 bits per heavy atom. The van der Waals surface area contributed by atoms with Crippen LogP contribution in [0.5, 0.6) is 0 Å². The Labute approximate surface area is 143 Å². The van der Waals surface area contributed by atoms with Gasteiger partial charge >= 0.3 is 0 Å². The molecule has 0 unspecified atom stereocenters. The van der Waals surface area contributed by atoms with E-state index >= 15 is 0 Å². The highest BCUT2D eigenvalue weighted by Gasteiger charge is 2.27. The number of hydrogen-bond acceptors (Lipinski definition) is 5. The molecule has 0 amide bonds. The molecule has 2 aromatic heterocycles. The Balaban J connectivity index is 1.58. The van der Waals surface area contributed by atoms with Crippen molar-refractivity contribution in [2.24, 2.45) is 0 Å². The Morgan fingerprint density at radius 1 is 1.13 bits per heavy atom. The molecule has 0 radical (unpaired) electrons. The number of para-hydroxylation sites is 1. The molecule has 1 saturated heterocycles. The van der Waals surface area contributed by atoms with E-state index in [0.717, 1.165) is 12.2 Å². The van der Waals surface area contributed by atoms with E-state index in [1.807, 2.05) is 46.4 Å². The van der Waals surface area contributed by atoms with Crippen LogP contribution < -0.4 is 0 Å². The second-order valence-corrected chi connectivity index (χ2v) is 6.98. The summed E-state index contributed by atoms with van der Waals surface area (Å²) >= 11 is 7.38. The van der Waals surface area contributed by atoms with Gasteiger partial charge in [-0.2, -0.15) is 4.68 Å². The van der Waals surface area contributed by atoms with Crippen molar-refractivity contribution in [3.63, 3.8) is 0 Å². The van der Waals surface area contributed by atoms with Gasteiger partial charge in [-0.05, 0) is 59.1 Å². The van der Waals surface area contributed by atoms with E-state index in [4.69, 9.17) is 12.2 Å². The van der Waals surface area contributed by atoms with Crippen molar-refractivity contribution in [2.45, 2.75) is 25.6 Å². The third-order valence-corrected chi connectivity index (χ3v) is 5.55. The van der Waals surface area contributed by atoms with E-state index in [2.05, 4.69) is 32.8 Å². The molecule has 4 rings (SSSR count). The summed E-state index contributed by atoms with van der Waals surface area (Å²) in [6, 6.07) is 14.7. The monoisotopic (exact) mass is 343 g/mol. The molecule has 1 fully saturated rings. The van der Waals surface area contributed by atoms with Crippen LogP contribution in [-0.4, -0.2) is 31.2 Å². The molecule has 3 heterocycles. The third-order valence-electron chi connectivity index (χ3n) is 4.19. The molecule has 0 saturated carbocycles. The van der Waals surface area contributed by atoms with E-state index in [1.54, 1.807) is 4.68 Å². The molecule has 1 aliphatic heterocycles. The first kappa shape index (κ1) is 14.7. The van der Waals surface area contributed by atoms with Gasteiger partial charge in [0.2, 0.25) is 4.77 Å². The fourth-order valence-corrected chi connectivity index (χ4v) is 4.20. The lowest BCUT2D eigenvalue weighted by Crippen LogP contribution is -2.26. The highest BCUT2D eigenvalue weighted by atomic mass is 32.1. The molecule has 0 N–H and O–H groups in total. The number of aromatic nitrogens is 4. The van der Waals surface area contributed by atoms with Crippen LogP contribution in [0.1, 0.15) is 23.8 Å². The molecule has 7 heteroatoms. The second-order valence-electron chi connectivity index (χ2n) is 5.64. The van der Waals surface area contributed by atoms with Gasteiger partial charge in [-0.3, -0.25) is 4.90 Å². The van der Waals surface area contributed by atoms with Gasteiger partial charge in [0.25, 0.3) is 0 Å². The number of benzene rings is 1. The molecule has 1 aliphatic rings. The zero-order chi connectivity index (χ0) is 15.6. The summed E-state index contributed by atoms with van der Waals surface area (Å²) in [5.41, 5.74) is 0.944. The van der Waals surface area contributed by atoms with Crippen molar-refractivity contribution in [3.05, 3.63) is 57.5 Å². The fraction of sp³-hybridized carbons (Fsp3) is 0.312. The van der Waals surface area contributed by atoms with Crippen LogP contribution in [0.25, 0.3) is 5.69 Å². The Bertz CT molecular complexity index is 822. The average Bonchev–Trinajstić information content (AvgIpc) is 3.31. The van der Waals surface area contributed by atoms with Gasteiger partial charge in [0.1, 0.15) is 0 Å². The molecule has 23 heavy (non-hydrogen) atoms. The lowest BCUT2D eigenvalue weighted by atomic mass is 10.2. The zero-order valence-corrected chi connectivity index (χ0v) is 14.2. The number of tetrazole rings is 1. The maximum absolute atomic E-state index is 5.56. The molecular weight excluding hydrogens is 326 g/mol. The normalized spacial score (nSPS) is 18.5. The first-order chi connectivity index (χ1) is 11.3. The summed E-state index contributed by atoms with van der Waals surface area (Å²) in [5.74, 6) is 0. The second kappa shape index (κ2) is 6.35. The molecule has 0 spiro atoms. The number of thiophene rings is 1. The van der Waals surface area contributed by atoms with E-state index in [9.17, 15) is 0 Å². The van der Waals surface area contributed by atoms with Gasteiger partial charge in [-0.1, -0.05) is 24.3 Å². The summed E-state index contributed by atoms with van der Waals surface area (Å²) < 4.78 is 4.16.